The minimum Gasteiger partial charge on any atom is -0.258 e. The fourth-order valence-corrected chi connectivity index (χ4v) is 1.27. The van der Waals surface area contributed by atoms with E-state index in [0.29, 0.717) is 0 Å². The van der Waals surface area contributed by atoms with Crippen LogP contribution < -0.4 is 0 Å². The summed E-state index contributed by atoms with van der Waals surface area (Å²) in [6.45, 7) is -1.00. The van der Waals surface area contributed by atoms with Crippen LogP contribution in [0, 0.1) is 10.1 Å². The van der Waals surface area contributed by atoms with E-state index in [-0.39, 0.29) is 21.3 Å². The van der Waals surface area contributed by atoms with Crippen LogP contribution in [0.15, 0.2) is 12.1 Å². The van der Waals surface area contributed by atoms with Crippen LogP contribution in [-0.2, 0) is 6.67 Å². The Bertz CT molecular complexity index is 357. The van der Waals surface area contributed by atoms with Crippen molar-refractivity contribution in [1.29, 1.82) is 0 Å². The zero-order valence-corrected chi connectivity index (χ0v) is 7.77. The van der Waals surface area contributed by atoms with E-state index in [4.69, 9.17) is 23.2 Å². The third-order valence-electron chi connectivity index (χ3n) is 1.50. The quantitative estimate of drug-likeness (QED) is 0.570. The molecule has 0 amide bonds. The topological polar surface area (TPSA) is 43.1 Å². The van der Waals surface area contributed by atoms with Gasteiger partial charge in [0.1, 0.15) is 6.67 Å². The predicted octanol–water partition coefficient (Wildman–Crippen LogP) is 3.37. The maximum atomic E-state index is 12.3. The van der Waals surface area contributed by atoms with Crippen LogP contribution >= 0.6 is 23.2 Å². The first kappa shape index (κ1) is 10.2. The zero-order chi connectivity index (χ0) is 10.0. The molecule has 1 aromatic carbocycles. The van der Waals surface area contributed by atoms with Crippen LogP contribution in [0.25, 0.3) is 0 Å². The van der Waals surface area contributed by atoms with E-state index >= 15 is 0 Å². The molecule has 70 valence electrons. The van der Waals surface area contributed by atoms with Gasteiger partial charge in [-0.15, -0.1) is 0 Å². The van der Waals surface area contributed by atoms with Crippen molar-refractivity contribution in [3.8, 4) is 0 Å². The highest BCUT2D eigenvalue weighted by Gasteiger charge is 2.18. The summed E-state index contributed by atoms with van der Waals surface area (Å²) in [7, 11) is 0. The van der Waals surface area contributed by atoms with E-state index < -0.39 is 11.6 Å². The van der Waals surface area contributed by atoms with E-state index in [1.807, 2.05) is 0 Å². The Morgan fingerprint density at radius 3 is 2.54 bits per heavy atom. The smallest absolute Gasteiger partial charge is 0.258 e. The normalized spacial score (nSPS) is 10.1. The number of rotatable bonds is 2. The Hall–Kier alpha value is -0.870. The molecule has 0 aliphatic rings. The van der Waals surface area contributed by atoms with Crippen molar-refractivity contribution in [2.75, 3.05) is 0 Å². The summed E-state index contributed by atoms with van der Waals surface area (Å²) >= 11 is 11.1. The number of benzene rings is 1. The molecule has 1 rings (SSSR count). The van der Waals surface area contributed by atoms with Crippen LogP contribution in [0.4, 0.5) is 10.1 Å². The van der Waals surface area contributed by atoms with E-state index in [0.717, 1.165) is 6.07 Å². The van der Waals surface area contributed by atoms with Gasteiger partial charge in [-0.25, -0.2) is 4.39 Å². The van der Waals surface area contributed by atoms with Gasteiger partial charge in [-0.1, -0.05) is 23.2 Å². The van der Waals surface area contributed by atoms with E-state index in [1.54, 1.807) is 0 Å². The maximum absolute atomic E-state index is 12.3. The second-order valence-electron chi connectivity index (χ2n) is 2.25. The van der Waals surface area contributed by atoms with Gasteiger partial charge in [-0.3, -0.25) is 10.1 Å². The van der Waals surface area contributed by atoms with Crippen molar-refractivity contribution in [3.05, 3.63) is 37.9 Å². The van der Waals surface area contributed by atoms with Crippen molar-refractivity contribution in [1.82, 2.24) is 0 Å². The van der Waals surface area contributed by atoms with Crippen molar-refractivity contribution in [2.45, 2.75) is 6.67 Å². The zero-order valence-electron chi connectivity index (χ0n) is 6.26. The average molecular weight is 224 g/mol. The van der Waals surface area contributed by atoms with Crippen molar-refractivity contribution >= 4 is 28.9 Å². The number of nitrogens with zero attached hydrogens (tertiary/aromatic N) is 1. The molecule has 13 heavy (non-hydrogen) atoms. The summed E-state index contributed by atoms with van der Waals surface area (Å²) in [5.74, 6) is 0. The minimum atomic E-state index is -1.00. The highest BCUT2D eigenvalue weighted by atomic mass is 35.5. The van der Waals surface area contributed by atoms with Gasteiger partial charge in [0.15, 0.2) is 0 Å². The fourth-order valence-electron chi connectivity index (χ4n) is 0.881. The van der Waals surface area contributed by atoms with Gasteiger partial charge in [-0.05, 0) is 6.07 Å². The van der Waals surface area contributed by atoms with Gasteiger partial charge in [0, 0.05) is 6.07 Å². The molecule has 0 aliphatic carbocycles. The van der Waals surface area contributed by atoms with E-state index in [9.17, 15) is 14.5 Å². The average Bonchev–Trinajstić information content (AvgIpc) is 2.09. The molecule has 1 aromatic rings. The van der Waals surface area contributed by atoms with Gasteiger partial charge >= 0.3 is 0 Å². The Morgan fingerprint density at radius 2 is 2.08 bits per heavy atom. The Morgan fingerprint density at radius 1 is 1.46 bits per heavy atom. The first-order valence-corrected chi connectivity index (χ1v) is 4.00. The first-order chi connectivity index (χ1) is 6.07. The van der Waals surface area contributed by atoms with Crippen LogP contribution in [0.1, 0.15) is 5.56 Å². The number of hydrogen-bond donors (Lipinski definition) is 0. The second-order valence-corrected chi connectivity index (χ2v) is 3.03. The molecule has 0 saturated heterocycles. The molecule has 0 saturated carbocycles. The summed E-state index contributed by atoms with van der Waals surface area (Å²) in [5.41, 5.74) is -0.531. The number of hydrogen-bond acceptors (Lipinski definition) is 2. The third-order valence-corrected chi connectivity index (χ3v) is 2.35. The molecule has 0 atom stereocenters. The molecule has 3 nitrogen and oxygen atoms in total. The van der Waals surface area contributed by atoms with Crippen LogP contribution in [0.2, 0.25) is 10.0 Å². The molecule has 0 spiro atoms. The largest absolute Gasteiger partial charge is 0.276 e. The number of nitro benzene ring substituents is 1. The standard InChI is InChI=1S/C7H4Cl2FNO2/c8-5-1-2-6(11(12)13)4(3-10)7(5)9/h1-2H,3H2. The summed E-state index contributed by atoms with van der Waals surface area (Å²) in [4.78, 5) is 9.68. The lowest BCUT2D eigenvalue weighted by Gasteiger charge is -2.01. The number of nitro groups is 1. The van der Waals surface area contributed by atoms with Crippen molar-refractivity contribution < 1.29 is 9.31 Å². The highest BCUT2D eigenvalue weighted by molar-refractivity contribution is 6.42. The van der Waals surface area contributed by atoms with Crippen LogP contribution in [0.3, 0.4) is 0 Å². The van der Waals surface area contributed by atoms with Gasteiger partial charge in [0.05, 0.1) is 20.5 Å². The third kappa shape index (κ3) is 1.89. The lowest BCUT2D eigenvalue weighted by Crippen LogP contribution is -1.94. The summed E-state index contributed by atoms with van der Waals surface area (Å²) < 4.78 is 12.3. The van der Waals surface area contributed by atoms with Gasteiger partial charge < -0.3 is 0 Å². The summed E-state index contributed by atoms with van der Waals surface area (Å²) in [5, 5.41) is 10.4. The molecule has 0 heterocycles. The van der Waals surface area contributed by atoms with Crippen LogP contribution in [-0.4, -0.2) is 4.92 Å². The lowest BCUT2D eigenvalue weighted by atomic mass is 10.2. The van der Waals surface area contributed by atoms with Crippen molar-refractivity contribution in [2.24, 2.45) is 0 Å². The van der Waals surface area contributed by atoms with Crippen LogP contribution in [0.5, 0.6) is 0 Å². The molecular weight excluding hydrogens is 220 g/mol. The van der Waals surface area contributed by atoms with Gasteiger partial charge in [0.25, 0.3) is 5.69 Å². The Kier molecular flexibility index (Phi) is 3.06. The SMILES string of the molecule is O=[N+]([O-])c1ccc(Cl)c(Cl)c1CF. The molecule has 0 aliphatic heterocycles. The molecule has 0 aromatic heterocycles. The second kappa shape index (κ2) is 3.89. The maximum Gasteiger partial charge on any atom is 0.276 e. The molecular formula is C7H4Cl2FNO2. The molecule has 0 radical (unpaired) electrons. The molecule has 0 N–H and O–H groups in total. The first-order valence-electron chi connectivity index (χ1n) is 3.25. The van der Waals surface area contributed by atoms with E-state index in [2.05, 4.69) is 0 Å². The summed E-state index contributed by atoms with van der Waals surface area (Å²) in [6.07, 6.45) is 0. The summed E-state index contributed by atoms with van der Waals surface area (Å²) in [6, 6.07) is 2.39. The molecule has 0 fully saturated rings. The minimum absolute atomic E-state index is 0.0987. The monoisotopic (exact) mass is 223 g/mol. The Balaban J connectivity index is 3.38. The number of alkyl halides is 1. The molecule has 0 unspecified atom stereocenters. The highest BCUT2D eigenvalue weighted by Crippen LogP contribution is 2.33. The molecule has 0 bridgehead atoms. The van der Waals surface area contributed by atoms with E-state index in [1.165, 1.54) is 6.07 Å². The van der Waals surface area contributed by atoms with Crippen molar-refractivity contribution in [3.63, 3.8) is 0 Å². The Labute approximate surface area is 83.2 Å². The van der Waals surface area contributed by atoms with Gasteiger partial charge in [0.2, 0.25) is 0 Å². The predicted molar refractivity (Wildman–Crippen MR) is 47.9 cm³/mol. The fraction of sp³-hybridized carbons (Fsp3) is 0.143. The van der Waals surface area contributed by atoms with Gasteiger partial charge in [-0.2, -0.15) is 0 Å². The number of halogens is 3. The molecule has 6 heteroatoms. The lowest BCUT2D eigenvalue weighted by molar-refractivity contribution is -0.385.